The molecule has 0 unspecified atom stereocenters. The van der Waals surface area contributed by atoms with Gasteiger partial charge in [-0.25, -0.2) is 15.0 Å². The summed E-state index contributed by atoms with van der Waals surface area (Å²) < 4.78 is 2.06. The van der Waals surface area contributed by atoms with E-state index in [1.807, 2.05) is 18.6 Å². The number of nitrogen functional groups attached to an aromatic ring is 1. The van der Waals surface area contributed by atoms with Gasteiger partial charge in [0.05, 0.1) is 6.33 Å². The van der Waals surface area contributed by atoms with Crippen molar-refractivity contribution in [3.8, 4) is 0 Å². The van der Waals surface area contributed by atoms with Crippen LogP contribution >= 0.6 is 0 Å². The average molecular weight is 378 g/mol. The number of para-hydroxylation sites is 1. The predicted molar refractivity (Wildman–Crippen MR) is 113 cm³/mol. The van der Waals surface area contributed by atoms with Gasteiger partial charge in [-0.2, -0.15) is 0 Å². The van der Waals surface area contributed by atoms with Crippen molar-refractivity contribution >= 4 is 23.0 Å². The van der Waals surface area contributed by atoms with Crippen LogP contribution in [-0.4, -0.2) is 52.2 Å². The maximum atomic E-state index is 6.38. The summed E-state index contributed by atoms with van der Waals surface area (Å²) in [6.45, 7) is 5.36. The van der Waals surface area contributed by atoms with Crippen molar-refractivity contribution in [2.24, 2.45) is 0 Å². The van der Waals surface area contributed by atoms with E-state index in [4.69, 9.17) is 5.73 Å². The van der Waals surface area contributed by atoms with E-state index in [-0.39, 0.29) is 0 Å². The lowest BCUT2D eigenvalue weighted by Crippen LogP contribution is -2.47. The van der Waals surface area contributed by atoms with E-state index in [0.29, 0.717) is 11.5 Å². The minimum absolute atomic E-state index is 0.623. The third kappa shape index (κ3) is 4.16. The van der Waals surface area contributed by atoms with Crippen molar-refractivity contribution in [3.05, 3.63) is 55.4 Å². The van der Waals surface area contributed by atoms with Gasteiger partial charge in [-0.15, -0.1) is 0 Å². The Morgan fingerprint density at radius 2 is 1.79 bits per heavy atom. The number of nitrogens with zero attached hydrogens (tertiary/aromatic N) is 6. The molecule has 0 amide bonds. The third-order valence-electron chi connectivity index (χ3n) is 5.01. The first kappa shape index (κ1) is 18.1. The molecule has 0 bridgehead atoms. The van der Waals surface area contributed by atoms with Crippen LogP contribution in [0.4, 0.5) is 23.0 Å². The third-order valence-corrected chi connectivity index (χ3v) is 5.01. The average Bonchev–Trinajstić information content (AvgIpc) is 3.27. The smallest absolute Gasteiger partial charge is 0.157 e. The molecular weight excluding hydrogens is 352 g/mol. The minimum atomic E-state index is 0.623. The molecule has 28 heavy (non-hydrogen) atoms. The van der Waals surface area contributed by atoms with E-state index in [0.717, 1.165) is 51.5 Å². The lowest BCUT2D eigenvalue weighted by Gasteiger charge is -2.37. The maximum absolute atomic E-state index is 6.38. The van der Waals surface area contributed by atoms with Gasteiger partial charge in [0.25, 0.3) is 0 Å². The largest absolute Gasteiger partial charge is 0.393 e. The van der Waals surface area contributed by atoms with Crippen molar-refractivity contribution in [1.29, 1.82) is 0 Å². The van der Waals surface area contributed by atoms with Crippen molar-refractivity contribution < 1.29 is 0 Å². The highest BCUT2D eigenvalue weighted by Gasteiger charge is 2.21. The van der Waals surface area contributed by atoms with E-state index in [1.54, 1.807) is 12.5 Å². The highest BCUT2D eigenvalue weighted by molar-refractivity contribution is 5.75. The molecule has 0 aliphatic carbocycles. The van der Waals surface area contributed by atoms with Crippen molar-refractivity contribution in [1.82, 2.24) is 19.5 Å². The predicted octanol–water partition coefficient (Wildman–Crippen LogP) is 2.08. The summed E-state index contributed by atoms with van der Waals surface area (Å²) in [4.78, 5) is 17.5. The van der Waals surface area contributed by atoms with E-state index >= 15 is 0 Å². The Labute approximate surface area is 165 Å². The Morgan fingerprint density at radius 1 is 1.00 bits per heavy atom. The monoisotopic (exact) mass is 378 g/mol. The van der Waals surface area contributed by atoms with Gasteiger partial charge in [0.2, 0.25) is 0 Å². The number of hydrogen-bond donors (Lipinski definition) is 2. The van der Waals surface area contributed by atoms with Crippen LogP contribution in [0.1, 0.15) is 6.42 Å². The fraction of sp³-hybridized carbons (Fsp3) is 0.350. The topological polar surface area (TPSA) is 88.1 Å². The molecule has 1 aromatic carbocycles. The number of aromatic nitrogens is 4. The van der Waals surface area contributed by atoms with E-state index in [2.05, 4.69) is 58.9 Å². The molecule has 0 radical (unpaired) electrons. The zero-order valence-electron chi connectivity index (χ0n) is 15.9. The molecule has 8 heteroatoms. The number of aryl methyl sites for hydroxylation is 1. The molecule has 2 aromatic heterocycles. The Kier molecular flexibility index (Phi) is 5.56. The number of hydrogen-bond acceptors (Lipinski definition) is 7. The number of nitrogens with one attached hydrogen (secondary N) is 1. The molecule has 4 rings (SSSR count). The van der Waals surface area contributed by atoms with Crippen molar-refractivity contribution in [3.63, 3.8) is 0 Å². The molecule has 8 nitrogen and oxygen atoms in total. The molecule has 0 spiro atoms. The highest BCUT2D eigenvalue weighted by atomic mass is 15.3. The molecule has 3 N–H and O–H groups in total. The van der Waals surface area contributed by atoms with Crippen LogP contribution in [0.2, 0.25) is 0 Å². The highest BCUT2D eigenvalue weighted by Crippen LogP contribution is 2.27. The first-order valence-electron chi connectivity index (χ1n) is 9.66. The summed E-state index contributed by atoms with van der Waals surface area (Å²) in [5, 5.41) is 3.34. The lowest BCUT2D eigenvalue weighted by atomic mass is 10.2. The summed E-state index contributed by atoms with van der Waals surface area (Å²) in [7, 11) is 0. The van der Waals surface area contributed by atoms with Crippen LogP contribution in [0.3, 0.4) is 0 Å². The SMILES string of the molecule is Nc1c(NCCCn2ccnc2)ncnc1N1CCN(c2ccccc2)CC1. The zero-order chi connectivity index (χ0) is 19.2. The van der Waals surface area contributed by atoms with Crippen LogP contribution in [0, 0.1) is 0 Å². The quantitative estimate of drug-likeness (QED) is 0.609. The van der Waals surface area contributed by atoms with E-state index in [9.17, 15) is 0 Å². The summed E-state index contributed by atoms with van der Waals surface area (Å²) >= 11 is 0. The molecule has 3 aromatic rings. The summed E-state index contributed by atoms with van der Waals surface area (Å²) in [6, 6.07) is 10.5. The fourth-order valence-corrected chi connectivity index (χ4v) is 3.48. The molecule has 3 heterocycles. The number of benzene rings is 1. The number of anilines is 4. The van der Waals surface area contributed by atoms with Gasteiger partial charge in [0.15, 0.2) is 11.6 Å². The zero-order valence-corrected chi connectivity index (χ0v) is 15.9. The van der Waals surface area contributed by atoms with Crippen LogP contribution in [0.15, 0.2) is 55.4 Å². The first-order valence-corrected chi connectivity index (χ1v) is 9.66. The number of rotatable bonds is 7. The molecule has 1 aliphatic rings. The molecule has 0 saturated carbocycles. The number of piperazine rings is 1. The Morgan fingerprint density at radius 3 is 2.54 bits per heavy atom. The van der Waals surface area contributed by atoms with Gasteiger partial charge >= 0.3 is 0 Å². The van der Waals surface area contributed by atoms with Gasteiger partial charge < -0.3 is 25.4 Å². The standard InChI is InChI=1S/C20H26N8/c21-18-19(23-7-4-9-26-10-8-22-16-26)24-15-25-20(18)28-13-11-27(12-14-28)17-5-2-1-3-6-17/h1-3,5-6,8,10,15-16H,4,7,9,11-14,21H2,(H,23,24,25). The molecule has 146 valence electrons. The van der Waals surface area contributed by atoms with Crippen molar-refractivity contribution in [2.45, 2.75) is 13.0 Å². The molecule has 1 saturated heterocycles. The Balaban J connectivity index is 1.33. The maximum Gasteiger partial charge on any atom is 0.157 e. The fourth-order valence-electron chi connectivity index (χ4n) is 3.48. The van der Waals surface area contributed by atoms with Gasteiger partial charge in [-0.3, -0.25) is 0 Å². The van der Waals surface area contributed by atoms with E-state index in [1.165, 1.54) is 5.69 Å². The number of imidazole rings is 1. The molecule has 0 atom stereocenters. The molecule has 1 fully saturated rings. The minimum Gasteiger partial charge on any atom is -0.393 e. The van der Waals surface area contributed by atoms with Crippen LogP contribution in [0.25, 0.3) is 0 Å². The van der Waals surface area contributed by atoms with Gasteiger partial charge in [0.1, 0.15) is 12.0 Å². The van der Waals surface area contributed by atoms with Gasteiger partial charge in [-0.05, 0) is 18.6 Å². The van der Waals surface area contributed by atoms with Gasteiger partial charge in [-0.1, -0.05) is 18.2 Å². The first-order chi connectivity index (χ1) is 13.8. The van der Waals surface area contributed by atoms with Crippen LogP contribution in [0.5, 0.6) is 0 Å². The Hall–Kier alpha value is -3.29. The Bertz CT molecular complexity index is 857. The van der Waals surface area contributed by atoms with Gasteiger partial charge in [0, 0.05) is 57.3 Å². The second kappa shape index (κ2) is 8.60. The number of nitrogens with two attached hydrogens (primary N) is 1. The summed E-state index contributed by atoms with van der Waals surface area (Å²) in [5.74, 6) is 1.53. The van der Waals surface area contributed by atoms with Crippen LogP contribution in [-0.2, 0) is 6.54 Å². The second-order valence-electron chi connectivity index (χ2n) is 6.85. The summed E-state index contributed by atoms with van der Waals surface area (Å²) in [6.07, 6.45) is 8.14. The molecular formula is C20H26N8. The normalized spacial score (nSPS) is 14.3. The lowest BCUT2D eigenvalue weighted by molar-refractivity contribution is 0.647. The van der Waals surface area contributed by atoms with Crippen LogP contribution < -0.4 is 20.9 Å². The second-order valence-corrected chi connectivity index (χ2v) is 6.85. The summed E-state index contributed by atoms with van der Waals surface area (Å²) in [5.41, 5.74) is 8.26. The van der Waals surface area contributed by atoms with Crippen molar-refractivity contribution in [2.75, 3.05) is 53.6 Å². The van der Waals surface area contributed by atoms with E-state index < -0.39 is 0 Å². The molecule has 1 aliphatic heterocycles.